The summed E-state index contributed by atoms with van der Waals surface area (Å²) in [6.45, 7) is 0. The number of hydrogen-bond acceptors (Lipinski definition) is 4. The molecular weight excluding hydrogens is 384 g/mol. The van der Waals surface area contributed by atoms with Crippen LogP contribution in [0.5, 0.6) is 0 Å². The van der Waals surface area contributed by atoms with E-state index in [1.807, 2.05) is 54.6 Å². The lowest BCUT2D eigenvalue weighted by atomic mass is 9.94. The number of benzene rings is 2. The van der Waals surface area contributed by atoms with Crippen LogP contribution in [0, 0.1) is 0 Å². The lowest BCUT2D eigenvalue weighted by molar-refractivity contribution is 0.0972. The van der Waals surface area contributed by atoms with E-state index in [4.69, 9.17) is 16.6 Å². The van der Waals surface area contributed by atoms with Crippen LogP contribution >= 0.6 is 11.6 Å². The third-order valence-corrected chi connectivity index (χ3v) is 5.14. The third-order valence-electron chi connectivity index (χ3n) is 4.87. The smallest absolute Gasteiger partial charge is 0.168 e. The molecule has 5 heteroatoms. The second kappa shape index (κ2) is 8.50. The van der Waals surface area contributed by atoms with E-state index in [0.29, 0.717) is 28.2 Å². The highest BCUT2D eigenvalue weighted by atomic mass is 35.5. The topological polar surface area (TPSA) is 58.9 Å². The number of nitrogens with zero attached hydrogens (tertiary/aromatic N) is 2. The number of alkyl halides is 1. The lowest BCUT2D eigenvalue weighted by Gasteiger charge is -2.23. The fourth-order valence-corrected chi connectivity index (χ4v) is 3.56. The zero-order chi connectivity index (χ0) is 20.2. The van der Waals surface area contributed by atoms with Crippen LogP contribution in [-0.2, 0) is 0 Å². The summed E-state index contributed by atoms with van der Waals surface area (Å²) in [6.07, 6.45) is 5.74. The predicted octanol–water partition coefficient (Wildman–Crippen LogP) is 4.86. The van der Waals surface area contributed by atoms with Gasteiger partial charge >= 0.3 is 0 Å². The van der Waals surface area contributed by atoms with Crippen molar-refractivity contribution < 1.29 is 9.59 Å². The number of aliphatic imine (C=N–C) groups is 2. The molecular formula is C24H19ClN2O2. The van der Waals surface area contributed by atoms with Crippen molar-refractivity contribution in [3.05, 3.63) is 95.7 Å². The molecule has 2 aromatic rings. The third kappa shape index (κ3) is 4.49. The Hall–Kier alpha value is -3.11. The molecule has 2 atom stereocenters. The number of hydrogen-bond donors (Lipinski definition) is 0. The number of Topliss-reactive ketones (excluding diaryl/α,β-unsaturated/α-hetero) is 2. The maximum atomic E-state index is 12.8. The normalized spacial score (nSPS) is 20.2. The monoisotopic (exact) mass is 402 g/mol. The van der Waals surface area contributed by atoms with Gasteiger partial charge in [0.2, 0.25) is 0 Å². The molecule has 0 aromatic heterocycles. The Morgan fingerprint density at radius 1 is 0.897 bits per heavy atom. The van der Waals surface area contributed by atoms with Gasteiger partial charge in [-0.15, -0.1) is 11.6 Å². The number of fused-ring (bicyclic) bond motifs is 1. The summed E-state index contributed by atoms with van der Waals surface area (Å²) in [7, 11) is 0. The fraction of sp³-hybridized carbons (Fsp3) is 0.167. The number of rotatable bonds is 6. The van der Waals surface area contributed by atoms with E-state index >= 15 is 0 Å². The molecule has 1 aliphatic carbocycles. The maximum absolute atomic E-state index is 12.8. The van der Waals surface area contributed by atoms with Gasteiger partial charge in [-0.3, -0.25) is 19.6 Å². The van der Waals surface area contributed by atoms with Gasteiger partial charge in [0.25, 0.3) is 0 Å². The van der Waals surface area contributed by atoms with Crippen LogP contribution in [0.3, 0.4) is 0 Å². The number of carbonyl (C=O) groups excluding carboxylic acids is 2. The fourth-order valence-electron chi connectivity index (χ4n) is 3.36. The van der Waals surface area contributed by atoms with Gasteiger partial charge < -0.3 is 0 Å². The minimum Gasteiger partial charge on any atom is -0.294 e. The van der Waals surface area contributed by atoms with Gasteiger partial charge in [-0.25, -0.2) is 0 Å². The summed E-state index contributed by atoms with van der Waals surface area (Å²) in [4.78, 5) is 34.9. The number of carbonyl (C=O) groups is 2. The molecule has 29 heavy (non-hydrogen) atoms. The average molecular weight is 403 g/mol. The van der Waals surface area contributed by atoms with Gasteiger partial charge in [-0.05, 0) is 12.2 Å². The molecule has 4 rings (SSSR count). The number of ketones is 2. The molecule has 2 aromatic carbocycles. The lowest BCUT2D eigenvalue weighted by Crippen LogP contribution is -2.30. The van der Waals surface area contributed by atoms with E-state index in [0.717, 1.165) is 0 Å². The van der Waals surface area contributed by atoms with Crippen LogP contribution in [0.1, 0.15) is 33.6 Å². The first-order chi connectivity index (χ1) is 14.1. The average Bonchev–Trinajstić information content (AvgIpc) is 2.75. The van der Waals surface area contributed by atoms with Crippen LogP contribution < -0.4 is 0 Å². The second-order valence-corrected chi connectivity index (χ2v) is 7.45. The first-order valence-corrected chi connectivity index (χ1v) is 9.90. The van der Waals surface area contributed by atoms with Crippen molar-refractivity contribution in [3.8, 4) is 0 Å². The molecule has 4 nitrogen and oxygen atoms in total. The Morgan fingerprint density at radius 3 is 2.17 bits per heavy atom. The first-order valence-electron chi connectivity index (χ1n) is 9.46. The summed E-state index contributed by atoms with van der Waals surface area (Å²) in [5, 5.41) is -0.263. The van der Waals surface area contributed by atoms with Crippen molar-refractivity contribution in [1.82, 2.24) is 0 Å². The van der Waals surface area contributed by atoms with Crippen molar-refractivity contribution >= 4 is 34.6 Å². The van der Waals surface area contributed by atoms with E-state index in [1.165, 1.54) is 0 Å². The molecule has 0 amide bonds. The zero-order valence-corrected chi connectivity index (χ0v) is 16.4. The molecule has 0 N–H and O–H groups in total. The molecule has 144 valence electrons. The Labute approximate surface area is 174 Å². The summed E-state index contributed by atoms with van der Waals surface area (Å²) in [5.74, 6) is -0.0724. The SMILES string of the molecule is O=C(CC1=NC2=CC(Cl)C=CC2=NC1CC(=O)c1ccccc1)c1ccccc1. The van der Waals surface area contributed by atoms with Gasteiger partial charge in [0.05, 0.1) is 35.0 Å². The first kappa shape index (κ1) is 19.2. The summed E-state index contributed by atoms with van der Waals surface area (Å²) in [5.41, 5.74) is 3.20. The van der Waals surface area contributed by atoms with Crippen LogP contribution in [0.4, 0.5) is 0 Å². The minimum atomic E-state index is -0.473. The molecule has 0 saturated heterocycles. The standard InChI is InChI=1S/C24H19ClN2O2/c25-18-11-12-19-20(13-18)27-22(15-24(29)17-9-5-2-6-10-17)21(26-19)14-23(28)16-7-3-1-4-8-16/h1-13,18,21H,14-15H2. The van der Waals surface area contributed by atoms with Gasteiger partial charge in [0.1, 0.15) is 0 Å². The van der Waals surface area contributed by atoms with E-state index in [2.05, 4.69) is 4.99 Å². The van der Waals surface area contributed by atoms with E-state index in [-0.39, 0.29) is 29.8 Å². The van der Waals surface area contributed by atoms with E-state index in [1.54, 1.807) is 24.3 Å². The summed E-state index contributed by atoms with van der Waals surface area (Å²) in [6, 6.07) is 17.7. The molecule has 1 heterocycles. The van der Waals surface area contributed by atoms with Crippen LogP contribution in [0.2, 0.25) is 0 Å². The van der Waals surface area contributed by atoms with E-state index in [9.17, 15) is 9.59 Å². The van der Waals surface area contributed by atoms with Crippen LogP contribution in [0.15, 0.2) is 94.6 Å². The van der Waals surface area contributed by atoms with Crippen molar-refractivity contribution in [2.24, 2.45) is 9.98 Å². The molecule has 2 aliphatic rings. The highest BCUT2D eigenvalue weighted by molar-refractivity contribution is 6.26. The Balaban J connectivity index is 1.61. The predicted molar refractivity (Wildman–Crippen MR) is 116 cm³/mol. The van der Waals surface area contributed by atoms with Gasteiger partial charge in [0.15, 0.2) is 11.6 Å². The van der Waals surface area contributed by atoms with Crippen molar-refractivity contribution in [1.29, 1.82) is 0 Å². The molecule has 0 fully saturated rings. The number of halogens is 1. The number of allylic oxidation sites excluding steroid dienone is 3. The van der Waals surface area contributed by atoms with Crippen molar-refractivity contribution in [2.75, 3.05) is 0 Å². The van der Waals surface area contributed by atoms with Crippen molar-refractivity contribution in [3.63, 3.8) is 0 Å². The molecule has 0 radical (unpaired) electrons. The van der Waals surface area contributed by atoms with Gasteiger partial charge in [0, 0.05) is 17.5 Å². The van der Waals surface area contributed by atoms with Crippen LogP contribution in [0.25, 0.3) is 0 Å². The molecule has 0 spiro atoms. The zero-order valence-electron chi connectivity index (χ0n) is 15.7. The molecule has 0 bridgehead atoms. The largest absolute Gasteiger partial charge is 0.294 e. The maximum Gasteiger partial charge on any atom is 0.168 e. The van der Waals surface area contributed by atoms with Crippen LogP contribution in [-0.4, -0.2) is 34.4 Å². The van der Waals surface area contributed by atoms with E-state index < -0.39 is 6.04 Å². The molecule has 0 saturated carbocycles. The Kier molecular flexibility index (Phi) is 5.63. The molecule has 2 unspecified atom stereocenters. The quantitative estimate of drug-likeness (QED) is 0.511. The minimum absolute atomic E-state index is 0.0257. The Bertz CT molecular complexity index is 1050. The second-order valence-electron chi connectivity index (χ2n) is 6.95. The molecule has 1 aliphatic heterocycles. The van der Waals surface area contributed by atoms with Gasteiger partial charge in [-0.2, -0.15) is 0 Å². The highest BCUT2D eigenvalue weighted by Crippen LogP contribution is 2.24. The highest BCUT2D eigenvalue weighted by Gasteiger charge is 2.28. The summed E-state index contributed by atoms with van der Waals surface area (Å²) >= 11 is 6.18. The Morgan fingerprint density at radius 2 is 1.52 bits per heavy atom. The van der Waals surface area contributed by atoms with Crippen molar-refractivity contribution in [2.45, 2.75) is 24.3 Å². The van der Waals surface area contributed by atoms with Gasteiger partial charge in [-0.1, -0.05) is 66.7 Å². The summed E-state index contributed by atoms with van der Waals surface area (Å²) < 4.78 is 0.